The number of hydrogen-bond donors (Lipinski definition) is 0. The number of unbranched alkanes of at least 4 members (excludes halogenated alkanes) is 34. The Kier molecular flexibility index (Phi) is 28.6. The number of benzene rings is 2. The molecule has 0 unspecified atom stereocenters. The summed E-state index contributed by atoms with van der Waals surface area (Å²) < 4.78 is 2.50. The number of hydrogen-bond acceptors (Lipinski definition) is 0. The van der Waals surface area contributed by atoms with Gasteiger partial charge in [-0.1, -0.05) is 275 Å². The molecule has 0 N–H and O–H groups in total. The van der Waals surface area contributed by atoms with Crippen molar-refractivity contribution >= 4 is 31.9 Å². The normalized spacial score (nSPS) is 13.1. The van der Waals surface area contributed by atoms with Crippen LogP contribution in [0.3, 0.4) is 0 Å². The molecule has 0 aliphatic heterocycles. The predicted molar refractivity (Wildman–Crippen MR) is 255 cm³/mol. The van der Waals surface area contributed by atoms with Gasteiger partial charge in [0.25, 0.3) is 0 Å². The van der Waals surface area contributed by atoms with E-state index >= 15 is 0 Å². The zero-order valence-corrected chi connectivity index (χ0v) is 39.8. The molecule has 0 radical (unpaired) electrons. The van der Waals surface area contributed by atoms with Crippen molar-refractivity contribution in [1.82, 2.24) is 0 Å². The Balaban J connectivity index is 1.31. The standard InChI is InChI=1S/C53H88Br2/c1-3-5-7-9-11-13-15-17-19-21-23-25-27-29-31-33-35-39-45-53(49-42-38-37-41-47(49)48-43-44-50(54)52(55)51(48)53)46-40-36-34-32-30-28-26-24-22-20-18-16-14-12-10-8-6-4-2/h37-38,41-44H,3-36,39-40,45-46H2,1-2H3. The molecule has 0 atom stereocenters. The monoisotopic (exact) mass is 883 g/mol. The van der Waals surface area contributed by atoms with Crippen LogP contribution >= 0.6 is 31.9 Å². The van der Waals surface area contributed by atoms with E-state index in [1.54, 1.807) is 11.1 Å². The molecule has 2 heteroatoms. The minimum Gasteiger partial charge on any atom is -0.0654 e. The second-order valence-corrected chi connectivity index (χ2v) is 19.6. The molecule has 0 saturated heterocycles. The summed E-state index contributed by atoms with van der Waals surface area (Å²) >= 11 is 8.02. The third-order valence-electron chi connectivity index (χ3n) is 13.2. The quantitative estimate of drug-likeness (QED) is 0.0590. The Morgan fingerprint density at radius 1 is 0.345 bits per heavy atom. The minimum atomic E-state index is 0.138. The van der Waals surface area contributed by atoms with Crippen LogP contribution < -0.4 is 0 Å². The number of fused-ring (bicyclic) bond motifs is 3. The summed E-state index contributed by atoms with van der Waals surface area (Å²) in [5.74, 6) is 0. The lowest BCUT2D eigenvalue weighted by Gasteiger charge is -2.34. The molecule has 3 rings (SSSR count). The summed E-state index contributed by atoms with van der Waals surface area (Å²) in [5, 5.41) is 0. The van der Waals surface area contributed by atoms with Gasteiger partial charge in [-0.05, 0) is 73.0 Å². The summed E-state index contributed by atoms with van der Waals surface area (Å²) in [4.78, 5) is 0. The van der Waals surface area contributed by atoms with Gasteiger partial charge in [0.1, 0.15) is 0 Å². The Hall–Kier alpha value is -0.600. The lowest BCUT2D eigenvalue weighted by Crippen LogP contribution is -2.26. The lowest BCUT2D eigenvalue weighted by atomic mass is 9.70. The fraction of sp³-hybridized carbons (Fsp3) is 0.774. The van der Waals surface area contributed by atoms with E-state index in [1.807, 2.05) is 0 Å². The molecule has 0 nitrogen and oxygen atoms in total. The topological polar surface area (TPSA) is 0 Å². The first-order valence-electron chi connectivity index (χ1n) is 24.7. The summed E-state index contributed by atoms with van der Waals surface area (Å²) in [5.41, 5.74) is 6.26. The molecule has 1 aliphatic rings. The van der Waals surface area contributed by atoms with Gasteiger partial charge in [0.15, 0.2) is 0 Å². The van der Waals surface area contributed by atoms with Crippen LogP contribution in [-0.4, -0.2) is 0 Å². The molecular formula is C53H88Br2. The molecule has 0 aromatic heterocycles. The molecule has 2 aromatic carbocycles. The summed E-state index contributed by atoms with van der Waals surface area (Å²) in [7, 11) is 0. The molecule has 0 saturated carbocycles. The maximum atomic E-state index is 4.11. The zero-order valence-electron chi connectivity index (χ0n) is 36.6. The highest BCUT2D eigenvalue weighted by molar-refractivity contribution is 9.13. The van der Waals surface area contributed by atoms with Crippen molar-refractivity contribution in [1.29, 1.82) is 0 Å². The number of halogens is 2. The average Bonchev–Trinajstić information content (AvgIpc) is 3.48. The Labute approximate surface area is 360 Å². The minimum absolute atomic E-state index is 0.138. The van der Waals surface area contributed by atoms with Crippen molar-refractivity contribution in [3.8, 4) is 11.1 Å². The highest BCUT2D eigenvalue weighted by Crippen LogP contribution is 2.57. The summed E-state index contributed by atoms with van der Waals surface area (Å²) in [6.45, 7) is 4.62. The molecule has 0 fully saturated rings. The van der Waals surface area contributed by atoms with Crippen LogP contribution in [-0.2, 0) is 5.41 Å². The van der Waals surface area contributed by atoms with E-state index in [9.17, 15) is 0 Å². The van der Waals surface area contributed by atoms with Crippen LogP contribution in [0.1, 0.15) is 269 Å². The average molecular weight is 885 g/mol. The third-order valence-corrected chi connectivity index (χ3v) is 15.2. The fourth-order valence-corrected chi connectivity index (χ4v) is 10.9. The van der Waals surface area contributed by atoms with E-state index in [0.717, 1.165) is 0 Å². The van der Waals surface area contributed by atoms with Gasteiger partial charge >= 0.3 is 0 Å². The molecule has 314 valence electrons. The van der Waals surface area contributed by atoms with Crippen molar-refractivity contribution in [3.63, 3.8) is 0 Å². The second-order valence-electron chi connectivity index (χ2n) is 17.9. The second kappa shape index (κ2) is 32.3. The van der Waals surface area contributed by atoms with Crippen LogP contribution in [0.15, 0.2) is 45.3 Å². The summed E-state index contributed by atoms with van der Waals surface area (Å²) in [6.07, 6.45) is 54.3. The van der Waals surface area contributed by atoms with Crippen molar-refractivity contribution in [3.05, 3.63) is 56.5 Å². The van der Waals surface area contributed by atoms with Gasteiger partial charge in [-0.2, -0.15) is 0 Å². The predicted octanol–water partition coefficient (Wildman–Crippen LogP) is 20.3. The van der Waals surface area contributed by atoms with Gasteiger partial charge in [-0.15, -0.1) is 0 Å². The third kappa shape index (κ3) is 19.3. The highest BCUT2D eigenvalue weighted by atomic mass is 79.9. The van der Waals surface area contributed by atoms with Crippen LogP contribution in [0.2, 0.25) is 0 Å². The Morgan fingerprint density at radius 2 is 0.655 bits per heavy atom. The molecule has 2 aromatic rings. The van der Waals surface area contributed by atoms with E-state index in [4.69, 9.17) is 0 Å². The zero-order chi connectivity index (χ0) is 39.1. The van der Waals surface area contributed by atoms with Gasteiger partial charge in [-0.25, -0.2) is 0 Å². The highest BCUT2D eigenvalue weighted by Gasteiger charge is 2.43. The molecule has 0 heterocycles. The van der Waals surface area contributed by atoms with E-state index in [1.165, 1.54) is 264 Å². The first kappa shape index (κ1) is 48.8. The van der Waals surface area contributed by atoms with E-state index in [-0.39, 0.29) is 5.41 Å². The van der Waals surface area contributed by atoms with E-state index in [2.05, 4.69) is 82.1 Å². The number of rotatable bonds is 38. The fourth-order valence-electron chi connectivity index (χ4n) is 9.81. The van der Waals surface area contributed by atoms with Crippen LogP contribution in [0.4, 0.5) is 0 Å². The van der Waals surface area contributed by atoms with Crippen molar-refractivity contribution < 1.29 is 0 Å². The van der Waals surface area contributed by atoms with Crippen molar-refractivity contribution in [2.45, 2.75) is 263 Å². The van der Waals surface area contributed by atoms with Gasteiger partial charge in [0, 0.05) is 14.4 Å². The first-order chi connectivity index (χ1) is 27.2. The smallest absolute Gasteiger partial charge is 0.0364 e. The van der Waals surface area contributed by atoms with E-state index in [0.29, 0.717) is 0 Å². The molecule has 0 spiro atoms. The maximum Gasteiger partial charge on any atom is 0.0364 e. The Bertz CT molecular complexity index is 1160. The molecular weight excluding hydrogens is 796 g/mol. The van der Waals surface area contributed by atoms with Crippen molar-refractivity contribution in [2.75, 3.05) is 0 Å². The van der Waals surface area contributed by atoms with Gasteiger partial charge in [-0.3, -0.25) is 0 Å². The Morgan fingerprint density at radius 3 is 1.00 bits per heavy atom. The first-order valence-corrected chi connectivity index (χ1v) is 26.3. The largest absolute Gasteiger partial charge is 0.0654 e. The van der Waals surface area contributed by atoms with E-state index < -0.39 is 0 Å². The maximum absolute atomic E-state index is 4.11. The van der Waals surface area contributed by atoms with Gasteiger partial charge in [0.2, 0.25) is 0 Å². The molecule has 1 aliphatic carbocycles. The lowest BCUT2D eigenvalue weighted by molar-refractivity contribution is 0.395. The van der Waals surface area contributed by atoms with Crippen LogP contribution in [0.25, 0.3) is 11.1 Å². The van der Waals surface area contributed by atoms with Gasteiger partial charge < -0.3 is 0 Å². The van der Waals surface area contributed by atoms with Gasteiger partial charge in [0.05, 0.1) is 0 Å². The van der Waals surface area contributed by atoms with Crippen molar-refractivity contribution in [2.24, 2.45) is 0 Å². The molecule has 0 bridgehead atoms. The molecule has 55 heavy (non-hydrogen) atoms. The summed E-state index contributed by atoms with van der Waals surface area (Å²) in [6, 6.07) is 14.0. The van der Waals surface area contributed by atoms with Crippen LogP contribution in [0.5, 0.6) is 0 Å². The SMILES string of the molecule is CCCCCCCCCCCCCCCCCCCCC1(CCCCCCCCCCCCCCCCCCCC)c2ccccc2-c2ccc(Br)c(Br)c21. The molecule has 0 amide bonds. The van der Waals surface area contributed by atoms with Crippen LogP contribution in [0, 0.1) is 0 Å².